The molecule has 0 saturated heterocycles. The Balaban J connectivity index is 1.54. The molecule has 2 amide bonds. The second-order valence-electron chi connectivity index (χ2n) is 7.13. The second-order valence-corrected chi connectivity index (χ2v) is 7.13. The number of hydrogen-bond acceptors (Lipinski definition) is 5. The van der Waals surface area contributed by atoms with E-state index in [4.69, 9.17) is 4.74 Å². The Hall–Kier alpha value is -3.42. The van der Waals surface area contributed by atoms with Crippen LogP contribution >= 0.6 is 0 Å². The molecule has 0 bridgehead atoms. The lowest BCUT2D eigenvalue weighted by Gasteiger charge is -2.09. The molecule has 1 fully saturated rings. The van der Waals surface area contributed by atoms with Crippen molar-refractivity contribution in [2.75, 3.05) is 5.32 Å². The lowest BCUT2D eigenvalue weighted by atomic mass is 10.2. The average molecular weight is 379 g/mol. The molecule has 1 aromatic carbocycles. The fourth-order valence-electron chi connectivity index (χ4n) is 2.79. The van der Waals surface area contributed by atoms with Crippen molar-refractivity contribution in [3.8, 4) is 11.6 Å². The third-order valence-electron chi connectivity index (χ3n) is 4.30. The Labute approximate surface area is 161 Å². The summed E-state index contributed by atoms with van der Waals surface area (Å²) in [5, 5.41) is 5.72. The lowest BCUT2D eigenvalue weighted by Crippen LogP contribution is -2.29. The third-order valence-corrected chi connectivity index (χ3v) is 4.30. The standard InChI is InChI=1S/C20H21N5O3/c1-11(2)23-20(27)15-9-21-18-17(15)25-16(10-22-18)28-14-5-3-4-13(8-14)24-19(26)12-6-7-12/h3-5,8-12H,6-7H2,1-2H3,(H,21,22)(H,23,27)(H,24,26). The van der Waals surface area contributed by atoms with Crippen LogP contribution in [0.1, 0.15) is 37.0 Å². The molecule has 3 aromatic rings. The van der Waals surface area contributed by atoms with Crippen LogP contribution in [0.4, 0.5) is 5.69 Å². The molecule has 0 spiro atoms. The number of fused-ring (bicyclic) bond motifs is 1. The van der Waals surface area contributed by atoms with Gasteiger partial charge in [-0.2, -0.15) is 0 Å². The van der Waals surface area contributed by atoms with Gasteiger partial charge in [-0.1, -0.05) is 6.07 Å². The minimum Gasteiger partial charge on any atom is -0.437 e. The summed E-state index contributed by atoms with van der Waals surface area (Å²) in [6.45, 7) is 3.78. The maximum absolute atomic E-state index is 12.3. The van der Waals surface area contributed by atoms with Crippen molar-refractivity contribution in [1.29, 1.82) is 0 Å². The summed E-state index contributed by atoms with van der Waals surface area (Å²) in [4.78, 5) is 35.9. The second kappa shape index (κ2) is 7.30. The van der Waals surface area contributed by atoms with Gasteiger partial charge < -0.3 is 20.4 Å². The van der Waals surface area contributed by atoms with E-state index in [9.17, 15) is 9.59 Å². The molecule has 144 valence electrons. The maximum atomic E-state index is 12.3. The number of benzene rings is 1. The molecular weight excluding hydrogens is 358 g/mol. The first-order chi connectivity index (χ1) is 13.5. The Kier molecular flexibility index (Phi) is 4.68. The fraction of sp³-hybridized carbons (Fsp3) is 0.300. The minimum absolute atomic E-state index is 0.0124. The highest BCUT2D eigenvalue weighted by Crippen LogP contribution is 2.31. The Morgan fingerprint density at radius 1 is 1.29 bits per heavy atom. The van der Waals surface area contributed by atoms with Gasteiger partial charge in [0, 0.05) is 29.9 Å². The molecule has 0 radical (unpaired) electrons. The van der Waals surface area contributed by atoms with Crippen molar-refractivity contribution >= 4 is 28.7 Å². The summed E-state index contributed by atoms with van der Waals surface area (Å²) >= 11 is 0. The monoisotopic (exact) mass is 379 g/mol. The van der Waals surface area contributed by atoms with Crippen LogP contribution in [-0.4, -0.2) is 32.8 Å². The van der Waals surface area contributed by atoms with Crippen molar-refractivity contribution in [3.05, 3.63) is 42.2 Å². The number of aromatic amines is 1. The number of carbonyl (C=O) groups excluding carboxylic acids is 2. The highest BCUT2D eigenvalue weighted by Gasteiger charge is 2.29. The van der Waals surface area contributed by atoms with Crippen LogP contribution in [0, 0.1) is 5.92 Å². The summed E-state index contributed by atoms with van der Waals surface area (Å²) < 4.78 is 5.80. The quantitative estimate of drug-likeness (QED) is 0.609. The number of nitrogens with one attached hydrogen (secondary N) is 3. The molecule has 2 aromatic heterocycles. The van der Waals surface area contributed by atoms with Crippen LogP contribution in [0.3, 0.4) is 0 Å². The van der Waals surface area contributed by atoms with Crippen LogP contribution in [0.25, 0.3) is 11.2 Å². The molecule has 28 heavy (non-hydrogen) atoms. The van der Waals surface area contributed by atoms with E-state index in [2.05, 4.69) is 25.6 Å². The summed E-state index contributed by atoms with van der Waals surface area (Å²) in [5.41, 5.74) is 2.02. The molecule has 3 N–H and O–H groups in total. The van der Waals surface area contributed by atoms with Gasteiger partial charge in [-0.05, 0) is 38.8 Å². The molecule has 0 aliphatic heterocycles. The summed E-state index contributed by atoms with van der Waals surface area (Å²) in [6, 6.07) is 7.11. The van der Waals surface area contributed by atoms with E-state index in [0.29, 0.717) is 28.2 Å². The van der Waals surface area contributed by atoms with E-state index < -0.39 is 0 Å². The third kappa shape index (κ3) is 3.95. The molecular formula is C20H21N5O3. The van der Waals surface area contributed by atoms with E-state index >= 15 is 0 Å². The fourth-order valence-corrected chi connectivity index (χ4v) is 2.79. The van der Waals surface area contributed by atoms with Gasteiger partial charge in [-0.15, -0.1) is 0 Å². The van der Waals surface area contributed by atoms with Crippen LogP contribution in [-0.2, 0) is 4.79 Å². The van der Waals surface area contributed by atoms with Gasteiger partial charge in [0.25, 0.3) is 5.91 Å². The van der Waals surface area contributed by atoms with Gasteiger partial charge >= 0.3 is 0 Å². The van der Waals surface area contributed by atoms with Crippen LogP contribution < -0.4 is 15.4 Å². The largest absolute Gasteiger partial charge is 0.437 e. The first-order valence-corrected chi connectivity index (χ1v) is 9.23. The number of H-pyrrole nitrogens is 1. The SMILES string of the molecule is CC(C)NC(=O)c1c[nH]c2ncc(Oc3cccc(NC(=O)C4CC4)c3)nc12. The van der Waals surface area contributed by atoms with Gasteiger partial charge in [0.2, 0.25) is 11.8 Å². The van der Waals surface area contributed by atoms with Crippen molar-refractivity contribution in [2.45, 2.75) is 32.7 Å². The van der Waals surface area contributed by atoms with E-state index in [0.717, 1.165) is 12.8 Å². The number of hydrogen-bond donors (Lipinski definition) is 3. The predicted molar refractivity (Wildman–Crippen MR) is 104 cm³/mol. The molecule has 8 heteroatoms. The molecule has 0 atom stereocenters. The average Bonchev–Trinajstić information content (AvgIpc) is 3.41. The van der Waals surface area contributed by atoms with E-state index in [1.807, 2.05) is 19.9 Å². The molecule has 2 heterocycles. The van der Waals surface area contributed by atoms with Crippen molar-refractivity contribution in [1.82, 2.24) is 20.3 Å². The van der Waals surface area contributed by atoms with E-state index in [-0.39, 0.29) is 29.7 Å². The minimum atomic E-state index is -0.225. The molecule has 0 unspecified atom stereocenters. The number of rotatable bonds is 6. The molecule has 1 aliphatic rings. The van der Waals surface area contributed by atoms with Gasteiger partial charge in [0.05, 0.1) is 11.8 Å². The van der Waals surface area contributed by atoms with Crippen molar-refractivity contribution in [3.63, 3.8) is 0 Å². The molecule has 8 nitrogen and oxygen atoms in total. The van der Waals surface area contributed by atoms with E-state index in [1.165, 1.54) is 6.20 Å². The Bertz CT molecular complexity index is 1040. The summed E-state index contributed by atoms with van der Waals surface area (Å²) in [6.07, 6.45) is 4.96. The van der Waals surface area contributed by atoms with Crippen molar-refractivity contribution in [2.24, 2.45) is 5.92 Å². The zero-order chi connectivity index (χ0) is 19.7. The number of anilines is 1. The summed E-state index contributed by atoms with van der Waals surface area (Å²) in [7, 11) is 0. The van der Waals surface area contributed by atoms with Gasteiger partial charge in [-0.25, -0.2) is 9.97 Å². The predicted octanol–water partition coefficient (Wildman–Crippen LogP) is 3.24. The highest BCUT2D eigenvalue weighted by molar-refractivity contribution is 6.04. The first-order valence-electron chi connectivity index (χ1n) is 9.23. The van der Waals surface area contributed by atoms with E-state index in [1.54, 1.807) is 24.4 Å². The first kappa shape index (κ1) is 18.0. The normalized spacial score (nSPS) is 13.5. The summed E-state index contributed by atoms with van der Waals surface area (Å²) in [5.74, 6) is 0.716. The molecule has 4 rings (SSSR count). The van der Waals surface area contributed by atoms with Crippen LogP contribution in [0.15, 0.2) is 36.7 Å². The number of amides is 2. The lowest BCUT2D eigenvalue weighted by molar-refractivity contribution is -0.117. The Morgan fingerprint density at radius 3 is 2.86 bits per heavy atom. The van der Waals surface area contributed by atoms with Gasteiger partial charge in [0.15, 0.2) is 5.65 Å². The molecule has 1 saturated carbocycles. The number of aromatic nitrogens is 3. The number of carbonyl (C=O) groups is 2. The Morgan fingerprint density at radius 2 is 2.11 bits per heavy atom. The van der Waals surface area contributed by atoms with Crippen LogP contribution in [0.5, 0.6) is 11.6 Å². The zero-order valence-electron chi connectivity index (χ0n) is 15.7. The van der Waals surface area contributed by atoms with Crippen molar-refractivity contribution < 1.29 is 14.3 Å². The topological polar surface area (TPSA) is 109 Å². The highest BCUT2D eigenvalue weighted by atomic mass is 16.5. The molecule has 1 aliphatic carbocycles. The smallest absolute Gasteiger partial charge is 0.255 e. The zero-order valence-corrected chi connectivity index (χ0v) is 15.7. The van der Waals surface area contributed by atoms with Crippen LogP contribution in [0.2, 0.25) is 0 Å². The number of nitrogens with zero attached hydrogens (tertiary/aromatic N) is 2. The number of ether oxygens (including phenoxy) is 1. The van der Waals surface area contributed by atoms with Gasteiger partial charge in [0.1, 0.15) is 11.3 Å². The maximum Gasteiger partial charge on any atom is 0.255 e. The van der Waals surface area contributed by atoms with Gasteiger partial charge in [-0.3, -0.25) is 9.59 Å².